The summed E-state index contributed by atoms with van der Waals surface area (Å²) in [6.07, 6.45) is 1.62. The lowest BCUT2D eigenvalue weighted by Crippen LogP contribution is -2.41. The first-order valence-electron chi connectivity index (χ1n) is 11.1. The summed E-state index contributed by atoms with van der Waals surface area (Å²) in [5.41, 5.74) is 1.73. The lowest BCUT2D eigenvalue weighted by molar-refractivity contribution is 0.632. The molecular weight excluding hydrogens is 460 g/mol. The zero-order valence-electron chi connectivity index (χ0n) is 19.8. The normalized spacial score (nSPS) is 11.7. The Labute approximate surface area is 206 Å². The molecular formula is C26H24N6O2S. The van der Waals surface area contributed by atoms with Gasteiger partial charge in [-0.25, -0.2) is 9.97 Å². The van der Waals surface area contributed by atoms with Crippen LogP contribution in [0.1, 0.15) is 25.8 Å². The Kier molecular flexibility index (Phi) is 5.56. The van der Waals surface area contributed by atoms with Gasteiger partial charge in [-0.2, -0.15) is 4.98 Å². The number of hydrogen-bond donors (Lipinski definition) is 2. The molecule has 0 aliphatic heterocycles. The smallest absolute Gasteiger partial charge is 0.253 e. The number of aryl methyl sites for hydroxylation is 1. The molecule has 0 saturated heterocycles. The fourth-order valence-electron chi connectivity index (χ4n) is 3.78. The summed E-state index contributed by atoms with van der Waals surface area (Å²) in [5.74, 6) is 0.834. The Hall–Kier alpha value is -4.11. The number of fused-ring (bicyclic) bond motifs is 1. The summed E-state index contributed by atoms with van der Waals surface area (Å²) in [4.78, 5) is 40.1. The van der Waals surface area contributed by atoms with Crippen LogP contribution in [0, 0.1) is 6.92 Å². The minimum Gasteiger partial charge on any atom is -0.375 e. The number of nitrogens with zero attached hydrogens (tertiary/aromatic N) is 4. The minimum atomic E-state index is -0.567. The van der Waals surface area contributed by atoms with Crippen molar-refractivity contribution in [2.24, 2.45) is 0 Å². The molecule has 0 unspecified atom stereocenters. The van der Waals surface area contributed by atoms with Crippen molar-refractivity contribution in [3.05, 3.63) is 86.2 Å². The number of aromatic nitrogens is 3. The summed E-state index contributed by atoms with van der Waals surface area (Å²) < 4.78 is 1.07. The van der Waals surface area contributed by atoms with Crippen molar-refractivity contribution in [2.75, 3.05) is 15.5 Å². The lowest BCUT2D eigenvalue weighted by Gasteiger charge is -2.25. The molecule has 0 amide bonds. The largest absolute Gasteiger partial charge is 0.375 e. The molecule has 0 aliphatic rings. The quantitative estimate of drug-likeness (QED) is 0.309. The number of thiazole rings is 1. The molecule has 5 rings (SSSR count). The Balaban J connectivity index is 1.55. The van der Waals surface area contributed by atoms with Crippen molar-refractivity contribution in [3.8, 4) is 0 Å². The summed E-state index contributed by atoms with van der Waals surface area (Å²) in [6, 6.07) is 17.5. The van der Waals surface area contributed by atoms with Gasteiger partial charge in [-0.1, -0.05) is 18.2 Å². The molecule has 176 valence electrons. The summed E-state index contributed by atoms with van der Waals surface area (Å²) >= 11 is 1.63. The van der Waals surface area contributed by atoms with E-state index in [9.17, 15) is 9.59 Å². The third kappa shape index (κ3) is 4.50. The van der Waals surface area contributed by atoms with Crippen LogP contribution < -0.4 is 26.4 Å². The number of benzene rings is 2. The van der Waals surface area contributed by atoms with E-state index in [1.54, 1.807) is 23.6 Å². The maximum Gasteiger partial charge on any atom is 0.253 e. The van der Waals surface area contributed by atoms with Gasteiger partial charge in [-0.05, 0) is 64.1 Å². The topological polar surface area (TPSA) is 100 Å². The Morgan fingerprint density at radius 2 is 1.63 bits per heavy atom. The first-order valence-corrected chi connectivity index (χ1v) is 12.0. The predicted molar refractivity (Wildman–Crippen MR) is 143 cm³/mol. The molecule has 0 fully saturated rings. The second-order valence-corrected chi connectivity index (χ2v) is 10.4. The molecule has 0 aliphatic carbocycles. The lowest BCUT2D eigenvalue weighted by atomic mass is 10.1. The maximum atomic E-state index is 12.3. The van der Waals surface area contributed by atoms with Crippen molar-refractivity contribution in [1.29, 1.82) is 0 Å². The minimum absolute atomic E-state index is 0.211. The van der Waals surface area contributed by atoms with Crippen LogP contribution in [-0.2, 0) is 0 Å². The van der Waals surface area contributed by atoms with E-state index in [1.807, 2.05) is 75.1 Å². The van der Waals surface area contributed by atoms with Gasteiger partial charge in [-0.15, -0.1) is 11.3 Å². The third-order valence-corrected chi connectivity index (χ3v) is 6.19. The summed E-state index contributed by atoms with van der Waals surface area (Å²) in [6.45, 7) is 7.77. The third-order valence-electron chi connectivity index (χ3n) is 5.26. The van der Waals surface area contributed by atoms with E-state index in [0.29, 0.717) is 11.8 Å². The van der Waals surface area contributed by atoms with Crippen LogP contribution in [0.15, 0.2) is 70.4 Å². The van der Waals surface area contributed by atoms with Gasteiger partial charge in [0.2, 0.25) is 5.95 Å². The van der Waals surface area contributed by atoms with Crippen LogP contribution in [0.3, 0.4) is 0 Å². The Bertz CT molecular complexity index is 1600. The molecule has 3 aromatic carbocycles. The Morgan fingerprint density at radius 1 is 0.886 bits per heavy atom. The highest BCUT2D eigenvalue weighted by Gasteiger charge is 2.25. The molecule has 0 atom stereocenters. The van der Waals surface area contributed by atoms with E-state index in [1.165, 1.54) is 0 Å². The van der Waals surface area contributed by atoms with E-state index in [-0.39, 0.29) is 16.9 Å². The SMILES string of the molecule is Cc1nc2ccc(N(c3ccccc3)c3nccc(Nc4c(NC(C)(C)C)c(=O)c4=O)n3)cc2s1. The second-order valence-electron chi connectivity index (χ2n) is 9.21. The van der Waals surface area contributed by atoms with Crippen LogP contribution in [0.2, 0.25) is 0 Å². The van der Waals surface area contributed by atoms with Crippen molar-refractivity contribution in [1.82, 2.24) is 15.0 Å². The fourth-order valence-corrected chi connectivity index (χ4v) is 4.64. The summed E-state index contributed by atoms with van der Waals surface area (Å²) in [7, 11) is 0. The van der Waals surface area contributed by atoms with E-state index in [0.717, 1.165) is 26.6 Å². The number of anilines is 6. The molecule has 2 N–H and O–H groups in total. The van der Waals surface area contributed by atoms with Crippen molar-refractivity contribution >= 4 is 56.1 Å². The molecule has 0 saturated carbocycles. The van der Waals surface area contributed by atoms with Crippen LogP contribution >= 0.6 is 11.3 Å². The zero-order valence-corrected chi connectivity index (χ0v) is 20.6. The van der Waals surface area contributed by atoms with Crippen molar-refractivity contribution in [2.45, 2.75) is 33.2 Å². The van der Waals surface area contributed by atoms with Gasteiger partial charge in [0.1, 0.15) is 17.2 Å². The second kappa shape index (κ2) is 8.59. The molecule has 9 heteroatoms. The van der Waals surface area contributed by atoms with Crippen LogP contribution in [0.25, 0.3) is 10.2 Å². The van der Waals surface area contributed by atoms with Gasteiger partial charge in [0.15, 0.2) is 0 Å². The standard InChI is InChI=1S/C26H24N6O2S/c1-15-28-18-11-10-17(14-19(18)35-15)32(16-8-6-5-7-9-16)25-27-13-12-20(30-25)29-21-22(24(34)23(21)33)31-26(2,3)4/h5-14,31H,1-4H3,(H,27,29,30). The number of hydrogen-bond acceptors (Lipinski definition) is 9. The highest BCUT2D eigenvalue weighted by Crippen LogP contribution is 2.35. The first kappa shape index (κ1) is 22.7. The molecule has 0 spiro atoms. The molecule has 2 heterocycles. The molecule has 0 radical (unpaired) electrons. The molecule has 5 aromatic rings. The van der Waals surface area contributed by atoms with E-state index < -0.39 is 10.9 Å². The van der Waals surface area contributed by atoms with Crippen LogP contribution in [0.4, 0.5) is 34.5 Å². The highest BCUT2D eigenvalue weighted by atomic mass is 32.1. The van der Waals surface area contributed by atoms with Gasteiger partial charge < -0.3 is 10.6 Å². The predicted octanol–water partition coefficient (Wildman–Crippen LogP) is 5.41. The number of rotatable bonds is 6. The number of nitrogens with one attached hydrogen (secondary N) is 2. The van der Waals surface area contributed by atoms with Gasteiger partial charge >= 0.3 is 0 Å². The Morgan fingerprint density at radius 3 is 2.37 bits per heavy atom. The van der Waals surface area contributed by atoms with Gasteiger partial charge in [0.25, 0.3) is 10.9 Å². The molecule has 35 heavy (non-hydrogen) atoms. The van der Waals surface area contributed by atoms with Gasteiger partial charge in [0.05, 0.1) is 20.9 Å². The first-order chi connectivity index (χ1) is 16.7. The van der Waals surface area contributed by atoms with E-state index in [4.69, 9.17) is 0 Å². The molecule has 0 bridgehead atoms. The van der Waals surface area contributed by atoms with Gasteiger partial charge in [-0.3, -0.25) is 14.5 Å². The average molecular weight is 485 g/mol. The average Bonchev–Trinajstić information content (AvgIpc) is 3.21. The molecule has 8 nitrogen and oxygen atoms in total. The fraction of sp³-hybridized carbons (Fsp3) is 0.192. The van der Waals surface area contributed by atoms with Crippen molar-refractivity contribution in [3.63, 3.8) is 0 Å². The van der Waals surface area contributed by atoms with Crippen LogP contribution in [0.5, 0.6) is 0 Å². The zero-order chi connectivity index (χ0) is 24.7. The summed E-state index contributed by atoms with van der Waals surface area (Å²) in [5, 5.41) is 7.12. The number of para-hydroxylation sites is 1. The van der Waals surface area contributed by atoms with Crippen LogP contribution in [-0.4, -0.2) is 20.5 Å². The maximum absolute atomic E-state index is 12.3. The van der Waals surface area contributed by atoms with E-state index in [2.05, 4.69) is 31.7 Å². The van der Waals surface area contributed by atoms with E-state index >= 15 is 0 Å². The van der Waals surface area contributed by atoms with Gasteiger partial charge in [0, 0.05) is 17.4 Å². The molecule has 2 aromatic heterocycles. The highest BCUT2D eigenvalue weighted by molar-refractivity contribution is 7.18. The van der Waals surface area contributed by atoms with Crippen molar-refractivity contribution < 1.29 is 0 Å². The monoisotopic (exact) mass is 484 g/mol.